The molecular formula is C12H16F3N3O2. The van der Waals surface area contributed by atoms with Crippen molar-refractivity contribution >= 4 is 0 Å². The molecule has 3 rings (SSSR count). The molecule has 8 heteroatoms. The summed E-state index contributed by atoms with van der Waals surface area (Å²) >= 11 is 0. The molecule has 1 N–H and O–H groups in total. The Morgan fingerprint density at radius 1 is 1.30 bits per heavy atom. The molecule has 5 nitrogen and oxygen atoms in total. The van der Waals surface area contributed by atoms with Gasteiger partial charge in [0.2, 0.25) is 11.7 Å². The molecule has 2 unspecified atom stereocenters. The fourth-order valence-corrected chi connectivity index (χ4v) is 2.83. The zero-order valence-electron chi connectivity index (χ0n) is 11.1. The molecule has 0 spiro atoms. The predicted octanol–water partition coefficient (Wildman–Crippen LogP) is 1.89. The number of nitrogens with one attached hydrogen (secondary N) is 1. The highest BCUT2D eigenvalue weighted by molar-refractivity contribution is 5.16. The van der Waals surface area contributed by atoms with Crippen LogP contribution in [0.2, 0.25) is 0 Å². The third-order valence-electron chi connectivity index (χ3n) is 4.23. The molecule has 2 aliphatic heterocycles. The molecule has 3 heterocycles. The second kappa shape index (κ2) is 4.42. The lowest BCUT2D eigenvalue weighted by atomic mass is 9.86. The molecule has 2 atom stereocenters. The van der Waals surface area contributed by atoms with E-state index < -0.39 is 17.2 Å². The summed E-state index contributed by atoms with van der Waals surface area (Å²) in [5.41, 5.74) is -2.81. The summed E-state index contributed by atoms with van der Waals surface area (Å²) in [6.45, 7) is 2.40. The Kier molecular flexibility index (Phi) is 3.06. The Bertz CT molecular complexity index is 488. The van der Waals surface area contributed by atoms with E-state index in [-0.39, 0.29) is 31.2 Å². The summed E-state index contributed by atoms with van der Waals surface area (Å²) in [5.74, 6) is -0.151. The van der Waals surface area contributed by atoms with Crippen LogP contribution >= 0.6 is 0 Å². The quantitative estimate of drug-likeness (QED) is 0.901. The summed E-state index contributed by atoms with van der Waals surface area (Å²) in [6.07, 6.45) is -2.98. The third-order valence-corrected chi connectivity index (χ3v) is 4.23. The molecule has 2 aliphatic rings. The minimum absolute atomic E-state index is 0.0876. The number of halogens is 3. The van der Waals surface area contributed by atoms with E-state index in [0.717, 1.165) is 6.42 Å². The maximum atomic E-state index is 13.4. The highest BCUT2D eigenvalue weighted by Crippen LogP contribution is 2.45. The van der Waals surface area contributed by atoms with Gasteiger partial charge in [-0.25, -0.2) is 0 Å². The van der Waals surface area contributed by atoms with Gasteiger partial charge >= 0.3 is 6.18 Å². The van der Waals surface area contributed by atoms with E-state index in [1.165, 1.54) is 0 Å². The molecule has 0 saturated carbocycles. The van der Waals surface area contributed by atoms with Gasteiger partial charge in [-0.3, -0.25) is 0 Å². The summed E-state index contributed by atoms with van der Waals surface area (Å²) < 4.78 is 50.6. The van der Waals surface area contributed by atoms with Crippen molar-refractivity contribution in [1.82, 2.24) is 15.5 Å². The Morgan fingerprint density at radius 2 is 2.10 bits per heavy atom. The van der Waals surface area contributed by atoms with Crippen molar-refractivity contribution in [3.63, 3.8) is 0 Å². The van der Waals surface area contributed by atoms with Gasteiger partial charge in [-0.2, -0.15) is 18.2 Å². The standard InChI is InChI=1S/C12H16F3N3O2/c1-10(3-2-6-19-10)8-17-9(20-18-8)11(12(13,14)15)4-5-16-7-11/h16H,2-7H2,1H3. The first-order valence-electron chi connectivity index (χ1n) is 6.64. The van der Waals surface area contributed by atoms with Crippen molar-refractivity contribution < 1.29 is 22.4 Å². The van der Waals surface area contributed by atoms with Crippen LogP contribution < -0.4 is 5.32 Å². The fraction of sp³-hybridized carbons (Fsp3) is 0.833. The Morgan fingerprint density at radius 3 is 2.65 bits per heavy atom. The van der Waals surface area contributed by atoms with Gasteiger partial charge in [0.15, 0.2) is 5.41 Å². The zero-order chi connectivity index (χ0) is 14.4. The average Bonchev–Trinajstić information content (AvgIpc) is 3.08. The normalized spacial score (nSPS) is 34.8. The summed E-state index contributed by atoms with van der Waals surface area (Å²) in [4.78, 5) is 4.02. The smallest absolute Gasteiger partial charge is 0.367 e. The van der Waals surface area contributed by atoms with Crippen molar-refractivity contribution in [3.05, 3.63) is 11.7 Å². The molecular weight excluding hydrogens is 275 g/mol. The van der Waals surface area contributed by atoms with Crippen LogP contribution in [0, 0.1) is 0 Å². The number of rotatable bonds is 2. The molecule has 1 aromatic rings. The molecule has 0 bridgehead atoms. The van der Waals surface area contributed by atoms with Gasteiger partial charge in [-0.05, 0) is 32.7 Å². The van der Waals surface area contributed by atoms with Crippen LogP contribution in [0.1, 0.15) is 37.9 Å². The van der Waals surface area contributed by atoms with Gasteiger partial charge in [0, 0.05) is 13.2 Å². The van der Waals surface area contributed by atoms with Crippen LogP contribution in [0.4, 0.5) is 13.2 Å². The van der Waals surface area contributed by atoms with E-state index in [4.69, 9.17) is 9.26 Å². The fourth-order valence-electron chi connectivity index (χ4n) is 2.83. The summed E-state index contributed by atoms with van der Waals surface area (Å²) in [5, 5.41) is 6.46. The van der Waals surface area contributed by atoms with E-state index in [0.29, 0.717) is 13.0 Å². The lowest BCUT2D eigenvalue weighted by Gasteiger charge is -2.26. The number of ether oxygens (including phenoxy) is 1. The minimum atomic E-state index is -4.42. The van der Waals surface area contributed by atoms with Crippen molar-refractivity contribution in [2.75, 3.05) is 19.7 Å². The highest BCUT2D eigenvalue weighted by Gasteiger charge is 2.61. The highest BCUT2D eigenvalue weighted by atomic mass is 19.4. The largest absolute Gasteiger partial charge is 0.404 e. The van der Waals surface area contributed by atoms with Gasteiger partial charge in [0.1, 0.15) is 5.60 Å². The lowest BCUT2D eigenvalue weighted by Crippen LogP contribution is -2.44. The molecule has 20 heavy (non-hydrogen) atoms. The number of alkyl halides is 3. The molecule has 2 fully saturated rings. The lowest BCUT2D eigenvalue weighted by molar-refractivity contribution is -0.191. The van der Waals surface area contributed by atoms with Crippen molar-refractivity contribution in [1.29, 1.82) is 0 Å². The van der Waals surface area contributed by atoms with Crippen molar-refractivity contribution in [2.45, 2.75) is 43.4 Å². The van der Waals surface area contributed by atoms with Gasteiger partial charge in [-0.1, -0.05) is 5.16 Å². The number of hydrogen-bond acceptors (Lipinski definition) is 5. The van der Waals surface area contributed by atoms with E-state index in [1.54, 1.807) is 6.92 Å². The summed E-state index contributed by atoms with van der Waals surface area (Å²) in [6, 6.07) is 0. The van der Waals surface area contributed by atoms with Crippen LogP contribution in [0.5, 0.6) is 0 Å². The molecule has 0 radical (unpaired) electrons. The van der Waals surface area contributed by atoms with E-state index in [1.807, 2.05) is 0 Å². The van der Waals surface area contributed by atoms with Crippen LogP contribution in [-0.4, -0.2) is 36.0 Å². The number of hydrogen-bond donors (Lipinski definition) is 1. The Labute approximate surface area is 113 Å². The number of aromatic nitrogens is 2. The van der Waals surface area contributed by atoms with Gasteiger partial charge in [0.05, 0.1) is 0 Å². The van der Waals surface area contributed by atoms with Crippen LogP contribution in [0.3, 0.4) is 0 Å². The van der Waals surface area contributed by atoms with Gasteiger partial charge in [-0.15, -0.1) is 0 Å². The van der Waals surface area contributed by atoms with E-state index in [2.05, 4.69) is 15.5 Å². The molecule has 2 saturated heterocycles. The molecule has 0 amide bonds. The van der Waals surface area contributed by atoms with Gasteiger partial charge < -0.3 is 14.6 Å². The van der Waals surface area contributed by atoms with Crippen LogP contribution in [0.25, 0.3) is 0 Å². The Balaban J connectivity index is 1.96. The van der Waals surface area contributed by atoms with Crippen molar-refractivity contribution in [3.8, 4) is 0 Å². The van der Waals surface area contributed by atoms with E-state index in [9.17, 15) is 13.2 Å². The third kappa shape index (κ3) is 1.93. The first-order chi connectivity index (χ1) is 9.37. The SMILES string of the molecule is CC1(c2noc(C3(C(F)(F)F)CCNC3)n2)CCCO1. The maximum absolute atomic E-state index is 13.4. The second-order valence-electron chi connectivity index (χ2n) is 5.61. The minimum Gasteiger partial charge on any atom is -0.367 e. The maximum Gasteiger partial charge on any atom is 0.404 e. The topological polar surface area (TPSA) is 60.2 Å². The first kappa shape index (κ1) is 13.8. The molecule has 0 aromatic carbocycles. The molecule has 1 aromatic heterocycles. The Hall–Kier alpha value is -1.15. The predicted molar refractivity (Wildman–Crippen MR) is 62.1 cm³/mol. The van der Waals surface area contributed by atoms with E-state index >= 15 is 0 Å². The van der Waals surface area contributed by atoms with Crippen LogP contribution in [-0.2, 0) is 15.8 Å². The zero-order valence-corrected chi connectivity index (χ0v) is 11.1. The number of nitrogens with zero attached hydrogens (tertiary/aromatic N) is 2. The van der Waals surface area contributed by atoms with Crippen molar-refractivity contribution in [2.24, 2.45) is 0 Å². The monoisotopic (exact) mass is 291 g/mol. The molecule has 0 aliphatic carbocycles. The molecule has 112 valence electrons. The second-order valence-corrected chi connectivity index (χ2v) is 5.61. The van der Waals surface area contributed by atoms with Gasteiger partial charge in [0.25, 0.3) is 0 Å². The first-order valence-corrected chi connectivity index (χ1v) is 6.64. The average molecular weight is 291 g/mol. The van der Waals surface area contributed by atoms with Crippen LogP contribution in [0.15, 0.2) is 4.52 Å². The summed E-state index contributed by atoms with van der Waals surface area (Å²) in [7, 11) is 0.